The van der Waals surface area contributed by atoms with Gasteiger partial charge in [-0.2, -0.15) is 0 Å². The zero-order chi connectivity index (χ0) is 16.2. The van der Waals surface area contributed by atoms with Crippen LogP contribution in [0.25, 0.3) is 0 Å². The Labute approximate surface area is 133 Å². The fourth-order valence-electron chi connectivity index (χ4n) is 2.59. The highest BCUT2D eigenvalue weighted by Gasteiger charge is 2.29. The van der Waals surface area contributed by atoms with E-state index < -0.39 is 11.7 Å². The number of carbonyl (C=O) groups excluding carboxylic acids is 3. The Balaban J connectivity index is 1.83. The lowest BCUT2D eigenvalue weighted by Crippen LogP contribution is -2.49. The van der Waals surface area contributed by atoms with E-state index in [2.05, 4.69) is 5.43 Å². The topological polar surface area (TPSA) is 66.5 Å². The molecule has 5 nitrogen and oxygen atoms in total. The molecule has 0 bridgehead atoms. The number of nitrogens with zero attached hydrogens (tertiary/aromatic N) is 1. The molecule has 2 aromatic carbocycles. The minimum absolute atomic E-state index is 0.140. The molecule has 0 unspecified atom stereocenters. The Morgan fingerprint density at radius 2 is 1.65 bits per heavy atom. The van der Waals surface area contributed by atoms with Crippen molar-refractivity contribution in [2.24, 2.45) is 0 Å². The van der Waals surface area contributed by atoms with Gasteiger partial charge in [-0.05, 0) is 23.6 Å². The van der Waals surface area contributed by atoms with Gasteiger partial charge in [0.1, 0.15) is 0 Å². The van der Waals surface area contributed by atoms with Gasteiger partial charge in [-0.25, -0.2) is 5.01 Å². The van der Waals surface area contributed by atoms with Crippen molar-refractivity contribution in [3.8, 4) is 0 Å². The van der Waals surface area contributed by atoms with Crippen LogP contribution < -0.4 is 10.4 Å². The highest BCUT2D eigenvalue weighted by Crippen LogP contribution is 2.24. The van der Waals surface area contributed by atoms with Gasteiger partial charge < -0.3 is 0 Å². The van der Waals surface area contributed by atoms with Crippen LogP contribution >= 0.6 is 0 Å². The SMILES string of the molecule is O=C(Cc1ccccc1)NN1C(=O)C(=O)CCc2ccccc21. The number of rotatable bonds is 3. The van der Waals surface area contributed by atoms with Crippen LogP contribution in [0, 0.1) is 0 Å². The van der Waals surface area contributed by atoms with Gasteiger partial charge in [0.25, 0.3) is 0 Å². The van der Waals surface area contributed by atoms with E-state index in [1.165, 1.54) is 0 Å². The highest BCUT2D eigenvalue weighted by atomic mass is 16.2. The van der Waals surface area contributed by atoms with E-state index in [0.29, 0.717) is 12.1 Å². The number of fused-ring (bicyclic) bond motifs is 1. The van der Waals surface area contributed by atoms with Crippen LogP contribution in [0.3, 0.4) is 0 Å². The van der Waals surface area contributed by atoms with Crippen LogP contribution in [0.4, 0.5) is 5.69 Å². The molecular weight excluding hydrogens is 292 g/mol. The summed E-state index contributed by atoms with van der Waals surface area (Å²) in [6.07, 6.45) is 0.785. The molecule has 116 valence electrons. The molecule has 1 N–H and O–H groups in total. The first-order valence-electron chi connectivity index (χ1n) is 7.44. The van der Waals surface area contributed by atoms with Crippen LogP contribution in [0.15, 0.2) is 54.6 Å². The lowest BCUT2D eigenvalue weighted by molar-refractivity contribution is -0.137. The zero-order valence-corrected chi connectivity index (χ0v) is 12.5. The summed E-state index contributed by atoms with van der Waals surface area (Å²) >= 11 is 0. The number of amides is 2. The van der Waals surface area contributed by atoms with E-state index >= 15 is 0 Å². The molecule has 1 heterocycles. The Kier molecular flexibility index (Phi) is 4.19. The van der Waals surface area contributed by atoms with E-state index in [9.17, 15) is 14.4 Å². The number of aryl methyl sites for hydroxylation is 1. The quantitative estimate of drug-likeness (QED) is 0.879. The summed E-state index contributed by atoms with van der Waals surface area (Å²) in [7, 11) is 0. The summed E-state index contributed by atoms with van der Waals surface area (Å²) in [6.45, 7) is 0. The highest BCUT2D eigenvalue weighted by molar-refractivity contribution is 6.41. The van der Waals surface area contributed by atoms with Gasteiger partial charge in [0.15, 0.2) is 0 Å². The van der Waals surface area contributed by atoms with E-state index in [1.807, 2.05) is 42.5 Å². The summed E-state index contributed by atoms with van der Waals surface area (Å²) in [6, 6.07) is 16.4. The lowest BCUT2D eigenvalue weighted by Gasteiger charge is -2.22. The van der Waals surface area contributed by atoms with E-state index in [1.54, 1.807) is 12.1 Å². The summed E-state index contributed by atoms with van der Waals surface area (Å²) in [4.78, 5) is 36.4. The van der Waals surface area contributed by atoms with Crippen molar-refractivity contribution in [3.05, 3.63) is 65.7 Å². The summed E-state index contributed by atoms with van der Waals surface area (Å²) < 4.78 is 0. The van der Waals surface area contributed by atoms with Gasteiger partial charge in [0.05, 0.1) is 12.1 Å². The maximum atomic E-state index is 12.3. The van der Waals surface area contributed by atoms with Crippen LogP contribution in [0.1, 0.15) is 17.5 Å². The fourth-order valence-corrected chi connectivity index (χ4v) is 2.59. The zero-order valence-electron chi connectivity index (χ0n) is 12.5. The standard InChI is InChI=1S/C18H16N2O3/c21-16-11-10-14-8-4-5-9-15(14)20(18(16)23)19-17(22)12-13-6-2-1-3-7-13/h1-9H,10-12H2,(H,19,22). The van der Waals surface area contributed by atoms with Crippen LogP contribution in [0.2, 0.25) is 0 Å². The number of para-hydroxylation sites is 1. The van der Waals surface area contributed by atoms with E-state index in [0.717, 1.165) is 16.1 Å². The number of nitrogens with one attached hydrogen (secondary N) is 1. The maximum Gasteiger partial charge on any atom is 0.313 e. The van der Waals surface area contributed by atoms with Gasteiger partial charge in [-0.3, -0.25) is 19.8 Å². The maximum absolute atomic E-state index is 12.3. The number of hydrogen-bond donors (Lipinski definition) is 1. The molecule has 2 amide bonds. The van der Waals surface area contributed by atoms with E-state index in [-0.39, 0.29) is 18.7 Å². The summed E-state index contributed by atoms with van der Waals surface area (Å²) in [5.41, 5.74) is 4.83. The summed E-state index contributed by atoms with van der Waals surface area (Å²) in [5, 5.41) is 1.08. The second-order valence-electron chi connectivity index (χ2n) is 5.39. The first-order valence-corrected chi connectivity index (χ1v) is 7.44. The molecule has 0 saturated carbocycles. The molecule has 3 rings (SSSR count). The number of anilines is 1. The van der Waals surface area contributed by atoms with Gasteiger partial charge in [-0.15, -0.1) is 0 Å². The van der Waals surface area contributed by atoms with Crippen molar-refractivity contribution in [2.45, 2.75) is 19.3 Å². The Morgan fingerprint density at radius 1 is 0.957 bits per heavy atom. The van der Waals surface area contributed by atoms with Crippen molar-refractivity contribution >= 4 is 23.3 Å². The number of Topliss-reactive ketones (excluding diaryl/α,β-unsaturated/α-hetero) is 1. The minimum Gasteiger partial charge on any atom is -0.289 e. The Morgan fingerprint density at radius 3 is 2.43 bits per heavy atom. The first-order chi connectivity index (χ1) is 11.1. The molecule has 0 aromatic heterocycles. The van der Waals surface area contributed by atoms with Gasteiger partial charge >= 0.3 is 5.91 Å². The van der Waals surface area contributed by atoms with Crippen molar-refractivity contribution in [3.63, 3.8) is 0 Å². The molecule has 0 aliphatic carbocycles. The van der Waals surface area contributed by atoms with Crippen molar-refractivity contribution in [2.75, 3.05) is 5.01 Å². The number of ketones is 1. The average Bonchev–Trinajstić information content (AvgIpc) is 2.68. The molecular formula is C18H16N2O3. The predicted molar refractivity (Wildman–Crippen MR) is 85.5 cm³/mol. The molecule has 0 saturated heterocycles. The molecule has 0 radical (unpaired) electrons. The van der Waals surface area contributed by atoms with Crippen molar-refractivity contribution in [1.82, 2.24) is 5.43 Å². The third kappa shape index (κ3) is 3.29. The molecule has 5 heteroatoms. The molecule has 0 fully saturated rings. The van der Waals surface area contributed by atoms with Gasteiger partial charge in [-0.1, -0.05) is 48.5 Å². The van der Waals surface area contributed by atoms with Crippen LogP contribution in [0.5, 0.6) is 0 Å². The number of benzene rings is 2. The largest absolute Gasteiger partial charge is 0.313 e. The third-order valence-electron chi connectivity index (χ3n) is 3.74. The number of hydrogen-bond acceptors (Lipinski definition) is 3. The number of hydrazine groups is 1. The minimum atomic E-state index is -0.698. The van der Waals surface area contributed by atoms with Gasteiger partial charge in [0, 0.05) is 6.42 Å². The molecule has 1 aliphatic rings. The second kappa shape index (κ2) is 6.44. The Bertz CT molecular complexity index is 756. The summed E-state index contributed by atoms with van der Waals surface area (Å²) in [5.74, 6) is -1.54. The van der Waals surface area contributed by atoms with Crippen LogP contribution in [-0.4, -0.2) is 17.6 Å². The molecule has 2 aromatic rings. The first kappa shape index (κ1) is 15.0. The molecule has 23 heavy (non-hydrogen) atoms. The Hall–Kier alpha value is -2.95. The lowest BCUT2D eigenvalue weighted by atomic mass is 10.1. The fraction of sp³-hybridized carbons (Fsp3) is 0.167. The molecule has 1 aliphatic heterocycles. The third-order valence-corrected chi connectivity index (χ3v) is 3.74. The molecule has 0 spiro atoms. The molecule has 0 atom stereocenters. The second-order valence-corrected chi connectivity index (χ2v) is 5.39. The average molecular weight is 308 g/mol. The number of carbonyl (C=O) groups is 3. The van der Waals surface area contributed by atoms with Crippen LogP contribution in [-0.2, 0) is 27.2 Å². The monoisotopic (exact) mass is 308 g/mol. The normalized spacial score (nSPS) is 14.2. The predicted octanol–water partition coefficient (Wildman–Crippen LogP) is 1.81. The van der Waals surface area contributed by atoms with Crippen molar-refractivity contribution in [1.29, 1.82) is 0 Å². The smallest absolute Gasteiger partial charge is 0.289 e. The van der Waals surface area contributed by atoms with Gasteiger partial charge in [0.2, 0.25) is 11.7 Å². The van der Waals surface area contributed by atoms with Crippen molar-refractivity contribution < 1.29 is 14.4 Å². The van der Waals surface area contributed by atoms with E-state index in [4.69, 9.17) is 0 Å².